The first-order valence-corrected chi connectivity index (χ1v) is 11.9. The fraction of sp³-hybridized carbons (Fsp3) is 0.292. The van der Waals surface area contributed by atoms with Crippen LogP contribution in [-0.4, -0.2) is 28.0 Å². The molecule has 0 bridgehead atoms. The molecule has 4 rings (SSSR count). The number of carbonyl (C=O) groups is 1. The first kappa shape index (κ1) is 21.2. The maximum absolute atomic E-state index is 13.0. The van der Waals surface area contributed by atoms with Crippen LogP contribution in [0.15, 0.2) is 65.6 Å². The van der Waals surface area contributed by atoms with E-state index in [0.717, 1.165) is 28.5 Å². The topological polar surface area (TPSA) is 75.7 Å². The number of amides is 1. The summed E-state index contributed by atoms with van der Waals surface area (Å²) >= 11 is 0. The van der Waals surface area contributed by atoms with Crippen LogP contribution < -0.4 is 14.4 Å². The number of nitrogens with one attached hydrogen (secondary N) is 1. The Balaban J connectivity index is 1.40. The molecule has 3 aromatic rings. The lowest BCUT2D eigenvalue weighted by Gasteiger charge is -2.20. The number of sulfonamides is 1. The monoisotopic (exact) mass is 438 g/mol. The van der Waals surface area contributed by atoms with Gasteiger partial charge in [-0.15, -0.1) is 0 Å². The van der Waals surface area contributed by atoms with Crippen molar-refractivity contribution >= 4 is 32.4 Å². The Labute approximate surface area is 182 Å². The quantitative estimate of drug-likeness (QED) is 0.565. The van der Waals surface area contributed by atoms with Crippen LogP contribution in [0, 0.1) is 0 Å². The number of rotatable bonds is 8. The number of benzene rings is 3. The lowest BCUT2D eigenvalue weighted by Crippen LogP contribution is -2.31. The van der Waals surface area contributed by atoms with Gasteiger partial charge in [0, 0.05) is 18.4 Å². The van der Waals surface area contributed by atoms with Gasteiger partial charge in [0.15, 0.2) is 0 Å². The second-order valence-corrected chi connectivity index (χ2v) is 9.44. The minimum atomic E-state index is -3.58. The smallest absolute Gasteiger partial charge is 0.265 e. The third-order valence-corrected chi connectivity index (χ3v) is 7.56. The molecule has 0 spiro atoms. The molecule has 162 valence electrons. The molecule has 6 nitrogen and oxygen atoms in total. The summed E-state index contributed by atoms with van der Waals surface area (Å²) in [6.07, 6.45) is 1.45. The average Bonchev–Trinajstić information content (AvgIpc) is 3.01. The number of methoxy groups -OCH3 is 1. The Bertz CT molecular complexity index is 1200. The van der Waals surface area contributed by atoms with E-state index >= 15 is 0 Å². The summed E-state index contributed by atoms with van der Waals surface area (Å²) in [6, 6.07) is 18.5. The van der Waals surface area contributed by atoms with E-state index < -0.39 is 10.0 Å². The average molecular weight is 439 g/mol. The van der Waals surface area contributed by atoms with Gasteiger partial charge < -0.3 is 10.1 Å². The third-order valence-electron chi connectivity index (χ3n) is 5.71. The summed E-state index contributed by atoms with van der Waals surface area (Å²) in [5, 5.41) is 4.73. The Hall–Kier alpha value is -3.06. The Morgan fingerprint density at radius 3 is 2.45 bits per heavy atom. The van der Waals surface area contributed by atoms with E-state index in [2.05, 4.69) is 5.32 Å². The predicted molar refractivity (Wildman–Crippen MR) is 122 cm³/mol. The van der Waals surface area contributed by atoms with Crippen molar-refractivity contribution in [1.82, 2.24) is 5.32 Å². The highest BCUT2D eigenvalue weighted by molar-refractivity contribution is 7.93. The van der Waals surface area contributed by atoms with Crippen LogP contribution in [-0.2, 0) is 14.8 Å². The summed E-state index contributed by atoms with van der Waals surface area (Å²) in [5.41, 5.74) is 1.71. The molecule has 31 heavy (non-hydrogen) atoms. The van der Waals surface area contributed by atoms with E-state index in [0.29, 0.717) is 17.0 Å². The van der Waals surface area contributed by atoms with Gasteiger partial charge in [0.2, 0.25) is 5.91 Å². The normalized spacial score (nSPS) is 15.1. The molecular formula is C24H26N2O4S. The maximum atomic E-state index is 13.0. The van der Waals surface area contributed by atoms with Crippen molar-refractivity contribution in [3.05, 3.63) is 66.2 Å². The molecule has 0 saturated heterocycles. The molecule has 1 aliphatic heterocycles. The molecule has 0 aromatic heterocycles. The molecule has 0 radical (unpaired) electrons. The highest BCUT2D eigenvalue weighted by Crippen LogP contribution is 2.41. The van der Waals surface area contributed by atoms with Crippen molar-refractivity contribution in [2.75, 3.05) is 18.0 Å². The van der Waals surface area contributed by atoms with E-state index in [4.69, 9.17) is 4.74 Å². The van der Waals surface area contributed by atoms with E-state index in [9.17, 15) is 13.2 Å². The van der Waals surface area contributed by atoms with Crippen molar-refractivity contribution in [2.24, 2.45) is 0 Å². The summed E-state index contributed by atoms with van der Waals surface area (Å²) in [7, 11) is -1.97. The van der Waals surface area contributed by atoms with Crippen LogP contribution in [0.1, 0.15) is 37.8 Å². The Morgan fingerprint density at radius 2 is 1.77 bits per heavy atom. The van der Waals surface area contributed by atoms with Gasteiger partial charge >= 0.3 is 0 Å². The largest absolute Gasteiger partial charge is 0.497 e. The van der Waals surface area contributed by atoms with E-state index in [-0.39, 0.29) is 24.9 Å². The minimum absolute atomic E-state index is 0.0880. The molecule has 1 amide bonds. The van der Waals surface area contributed by atoms with Gasteiger partial charge in [-0.05, 0) is 48.1 Å². The van der Waals surface area contributed by atoms with Gasteiger partial charge in [-0.3, -0.25) is 9.10 Å². The minimum Gasteiger partial charge on any atom is -0.497 e. The number of carbonyl (C=O) groups excluding carboxylic acids is 1. The number of hydrogen-bond acceptors (Lipinski definition) is 4. The number of hydrogen-bond donors (Lipinski definition) is 1. The number of anilines is 1. The van der Waals surface area contributed by atoms with Gasteiger partial charge in [-0.1, -0.05) is 43.3 Å². The zero-order valence-electron chi connectivity index (χ0n) is 17.7. The molecule has 7 heteroatoms. The molecule has 1 aliphatic rings. The molecule has 0 fully saturated rings. The molecule has 1 heterocycles. The third kappa shape index (κ3) is 3.97. The fourth-order valence-corrected chi connectivity index (χ4v) is 5.85. The summed E-state index contributed by atoms with van der Waals surface area (Å²) < 4.78 is 32.6. The molecule has 1 atom stereocenters. The Morgan fingerprint density at radius 1 is 1.06 bits per heavy atom. The zero-order valence-corrected chi connectivity index (χ0v) is 18.5. The van der Waals surface area contributed by atoms with Crippen molar-refractivity contribution < 1.29 is 17.9 Å². The number of nitrogens with zero attached hydrogens (tertiary/aromatic N) is 1. The summed E-state index contributed by atoms with van der Waals surface area (Å²) in [4.78, 5) is 12.9. The highest BCUT2D eigenvalue weighted by Gasteiger charge is 2.35. The lowest BCUT2D eigenvalue weighted by atomic mass is 10.0. The van der Waals surface area contributed by atoms with Crippen molar-refractivity contribution in [1.29, 1.82) is 0 Å². The first-order valence-electron chi connectivity index (χ1n) is 10.4. The van der Waals surface area contributed by atoms with Crippen LogP contribution in [0.3, 0.4) is 0 Å². The lowest BCUT2D eigenvalue weighted by molar-refractivity contribution is -0.121. The number of ether oxygens (including phenoxy) is 1. The van der Waals surface area contributed by atoms with Crippen molar-refractivity contribution in [2.45, 2.75) is 37.1 Å². The highest BCUT2D eigenvalue weighted by atomic mass is 32.2. The molecular weight excluding hydrogens is 412 g/mol. The van der Waals surface area contributed by atoms with Gasteiger partial charge in [0.05, 0.1) is 23.7 Å². The molecule has 1 N–H and O–H groups in total. The molecule has 3 aromatic carbocycles. The van der Waals surface area contributed by atoms with Crippen LogP contribution in [0.4, 0.5) is 5.69 Å². The molecule has 0 saturated carbocycles. The molecule has 0 aliphatic carbocycles. The molecule has 1 unspecified atom stereocenters. The van der Waals surface area contributed by atoms with Gasteiger partial charge in [0.1, 0.15) is 5.75 Å². The SMILES string of the molecule is CCC(NC(=O)CCCN1c2cccc3cccc(c23)S1(=O)=O)c1ccc(OC)cc1. The summed E-state index contributed by atoms with van der Waals surface area (Å²) in [6.45, 7) is 2.28. The second-order valence-electron chi connectivity index (χ2n) is 7.61. The second kappa shape index (κ2) is 8.59. The van der Waals surface area contributed by atoms with Gasteiger partial charge in [-0.25, -0.2) is 8.42 Å². The zero-order chi connectivity index (χ0) is 22.0. The Kier molecular flexibility index (Phi) is 5.87. The predicted octanol–water partition coefficient (Wildman–Crippen LogP) is 4.40. The van der Waals surface area contributed by atoms with E-state index in [1.54, 1.807) is 19.2 Å². The van der Waals surface area contributed by atoms with Crippen molar-refractivity contribution in [3.8, 4) is 5.75 Å². The van der Waals surface area contributed by atoms with Crippen LogP contribution in [0.25, 0.3) is 10.8 Å². The first-order chi connectivity index (χ1) is 15.0. The van der Waals surface area contributed by atoms with Crippen LogP contribution in [0.5, 0.6) is 5.75 Å². The maximum Gasteiger partial charge on any atom is 0.265 e. The summed E-state index contributed by atoms with van der Waals surface area (Å²) in [5.74, 6) is 0.683. The van der Waals surface area contributed by atoms with E-state index in [1.807, 2.05) is 55.5 Å². The van der Waals surface area contributed by atoms with Gasteiger partial charge in [0.25, 0.3) is 10.0 Å². The van der Waals surface area contributed by atoms with Crippen molar-refractivity contribution in [3.63, 3.8) is 0 Å². The van der Waals surface area contributed by atoms with Crippen LogP contribution >= 0.6 is 0 Å². The van der Waals surface area contributed by atoms with Gasteiger partial charge in [-0.2, -0.15) is 0 Å². The van der Waals surface area contributed by atoms with Crippen LogP contribution in [0.2, 0.25) is 0 Å². The van der Waals surface area contributed by atoms with E-state index in [1.165, 1.54) is 4.31 Å². The fourth-order valence-electron chi connectivity index (χ4n) is 4.11. The standard InChI is InChI=1S/C24H26N2O4S/c1-3-20(17-12-14-19(30-2)15-13-17)25-23(27)11-6-16-26-21-9-4-7-18-8-5-10-22(24(18)21)31(26,28)29/h4-5,7-10,12-15,20H,3,6,11,16H2,1-2H3,(H,25,27).